The van der Waals surface area contributed by atoms with Gasteiger partial charge in [0, 0.05) is 17.5 Å². The summed E-state index contributed by atoms with van der Waals surface area (Å²) in [6.45, 7) is 6.73. The van der Waals surface area contributed by atoms with Crippen LogP contribution in [0.15, 0.2) is 16.8 Å². The number of fused-ring (bicyclic) bond motifs is 1. The molecule has 0 aliphatic carbocycles. The van der Waals surface area contributed by atoms with Crippen LogP contribution in [0.2, 0.25) is 0 Å². The molecule has 3 rings (SSSR count). The molecule has 0 spiro atoms. The molecule has 2 aromatic rings. The molecule has 118 valence electrons. The number of nitrogen functional groups attached to an aromatic ring is 1. The van der Waals surface area contributed by atoms with Crippen LogP contribution in [0.1, 0.15) is 31.2 Å². The van der Waals surface area contributed by atoms with E-state index < -0.39 is 5.60 Å². The molecule has 7 heteroatoms. The smallest absolute Gasteiger partial charge is 0.410 e. The van der Waals surface area contributed by atoms with Crippen LogP contribution < -0.4 is 5.73 Å². The third kappa shape index (κ3) is 2.81. The fourth-order valence-corrected chi connectivity index (χ4v) is 3.66. The molecular weight excluding hydrogens is 302 g/mol. The fourth-order valence-electron chi connectivity index (χ4n) is 2.52. The minimum absolute atomic E-state index is 0.286. The number of anilines is 1. The summed E-state index contributed by atoms with van der Waals surface area (Å²) < 4.78 is 10.7. The summed E-state index contributed by atoms with van der Waals surface area (Å²) in [6.07, 6.45) is 2.05. The Labute approximate surface area is 132 Å². The van der Waals surface area contributed by atoms with Crippen LogP contribution in [0.25, 0.3) is 11.3 Å². The lowest BCUT2D eigenvalue weighted by Gasteiger charge is -2.30. The Hall–Kier alpha value is -2.02. The van der Waals surface area contributed by atoms with Gasteiger partial charge in [-0.3, -0.25) is 0 Å². The number of nitrogens with zero attached hydrogens (tertiary/aromatic N) is 2. The van der Waals surface area contributed by atoms with Crippen LogP contribution in [-0.2, 0) is 17.7 Å². The quantitative estimate of drug-likeness (QED) is 0.871. The van der Waals surface area contributed by atoms with Crippen molar-refractivity contribution in [1.82, 2.24) is 10.1 Å². The molecule has 0 radical (unpaired) electrons. The largest absolute Gasteiger partial charge is 0.444 e. The second-order valence-electron chi connectivity index (χ2n) is 6.27. The highest BCUT2D eigenvalue weighted by molar-refractivity contribution is 7.16. The topological polar surface area (TPSA) is 81.6 Å². The van der Waals surface area contributed by atoms with Crippen molar-refractivity contribution >= 4 is 22.4 Å². The van der Waals surface area contributed by atoms with Crippen molar-refractivity contribution in [2.24, 2.45) is 0 Å². The third-order valence-corrected chi connectivity index (χ3v) is 4.47. The number of aromatic nitrogens is 1. The minimum atomic E-state index is -0.489. The molecule has 0 fully saturated rings. The predicted octanol–water partition coefficient (Wildman–Crippen LogP) is 3.28. The second-order valence-corrected chi connectivity index (χ2v) is 7.41. The first kappa shape index (κ1) is 14.9. The Kier molecular flexibility index (Phi) is 3.60. The van der Waals surface area contributed by atoms with Crippen molar-refractivity contribution in [3.05, 3.63) is 22.7 Å². The Balaban J connectivity index is 1.83. The van der Waals surface area contributed by atoms with E-state index in [1.807, 2.05) is 20.8 Å². The normalized spacial score (nSPS) is 14.8. The zero-order valence-electron chi connectivity index (χ0n) is 12.9. The van der Waals surface area contributed by atoms with E-state index in [1.165, 1.54) is 11.3 Å². The standard InChI is InChI=1S/C15H19N3O3S/c1-15(2,3)20-14(19)18-7-5-9-11(8-18)22-13(16)12(9)10-4-6-17-21-10/h4,6H,5,7-8,16H2,1-3H3. The molecule has 1 aliphatic rings. The molecule has 0 saturated heterocycles. The van der Waals surface area contributed by atoms with E-state index in [9.17, 15) is 4.79 Å². The van der Waals surface area contributed by atoms with E-state index >= 15 is 0 Å². The van der Waals surface area contributed by atoms with E-state index in [0.29, 0.717) is 23.9 Å². The zero-order valence-corrected chi connectivity index (χ0v) is 13.7. The number of ether oxygens (including phenoxy) is 1. The molecule has 22 heavy (non-hydrogen) atoms. The van der Waals surface area contributed by atoms with Crippen LogP contribution in [0.4, 0.5) is 9.80 Å². The van der Waals surface area contributed by atoms with Crippen LogP contribution >= 0.6 is 11.3 Å². The van der Waals surface area contributed by atoms with Gasteiger partial charge in [-0.15, -0.1) is 11.3 Å². The molecule has 1 amide bonds. The van der Waals surface area contributed by atoms with Gasteiger partial charge >= 0.3 is 6.09 Å². The Morgan fingerprint density at radius 1 is 1.50 bits per heavy atom. The lowest BCUT2D eigenvalue weighted by molar-refractivity contribution is 0.0227. The minimum Gasteiger partial charge on any atom is -0.444 e. The van der Waals surface area contributed by atoms with Gasteiger partial charge in [0.15, 0.2) is 5.76 Å². The maximum Gasteiger partial charge on any atom is 0.410 e. The molecule has 2 aromatic heterocycles. The Bertz CT molecular complexity index is 686. The second kappa shape index (κ2) is 5.31. The van der Waals surface area contributed by atoms with Crippen molar-refractivity contribution in [3.8, 4) is 11.3 Å². The van der Waals surface area contributed by atoms with Gasteiger partial charge in [0.2, 0.25) is 0 Å². The molecular formula is C15H19N3O3S. The molecule has 1 aliphatic heterocycles. The van der Waals surface area contributed by atoms with Crippen molar-refractivity contribution in [1.29, 1.82) is 0 Å². The number of hydrogen-bond donors (Lipinski definition) is 1. The van der Waals surface area contributed by atoms with E-state index in [-0.39, 0.29) is 6.09 Å². The van der Waals surface area contributed by atoms with Crippen LogP contribution in [0.3, 0.4) is 0 Å². The Morgan fingerprint density at radius 2 is 2.27 bits per heavy atom. The molecule has 0 unspecified atom stereocenters. The van der Waals surface area contributed by atoms with Crippen LogP contribution in [0.5, 0.6) is 0 Å². The average molecular weight is 321 g/mol. The van der Waals surface area contributed by atoms with Crippen molar-refractivity contribution < 1.29 is 14.1 Å². The van der Waals surface area contributed by atoms with Gasteiger partial charge in [0.1, 0.15) is 5.60 Å². The maximum absolute atomic E-state index is 12.2. The zero-order chi connectivity index (χ0) is 15.9. The average Bonchev–Trinajstić information content (AvgIpc) is 3.01. The van der Waals surface area contributed by atoms with Crippen LogP contribution in [-0.4, -0.2) is 28.3 Å². The first-order valence-corrected chi connectivity index (χ1v) is 7.96. The highest BCUT2D eigenvalue weighted by Gasteiger charge is 2.30. The lowest BCUT2D eigenvalue weighted by Crippen LogP contribution is -2.39. The van der Waals surface area contributed by atoms with Crippen molar-refractivity contribution in [3.63, 3.8) is 0 Å². The number of thiophene rings is 1. The van der Waals surface area contributed by atoms with E-state index in [4.69, 9.17) is 15.0 Å². The SMILES string of the molecule is CC(C)(C)OC(=O)N1CCc2c(sc(N)c2-c2ccno2)C1. The maximum atomic E-state index is 12.2. The number of carbonyl (C=O) groups excluding carboxylic acids is 1. The summed E-state index contributed by atoms with van der Waals surface area (Å²) in [5.74, 6) is 0.681. The number of rotatable bonds is 1. The Morgan fingerprint density at radius 3 is 2.91 bits per heavy atom. The number of carbonyl (C=O) groups is 1. The number of nitrogens with two attached hydrogens (primary N) is 1. The third-order valence-electron chi connectivity index (χ3n) is 3.42. The molecule has 3 heterocycles. The lowest BCUT2D eigenvalue weighted by atomic mass is 10.0. The van der Waals surface area contributed by atoms with Gasteiger partial charge in [0.05, 0.1) is 23.3 Å². The molecule has 0 saturated carbocycles. The van der Waals surface area contributed by atoms with Crippen molar-refractivity contribution in [2.75, 3.05) is 12.3 Å². The van der Waals surface area contributed by atoms with Gasteiger partial charge in [-0.25, -0.2) is 4.79 Å². The van der Waals surface area contributed by atoms with E-state index in [2.05, 4.69) is 5.16 Å². The monoisotopic (exact) mass is 321 g/mol. The first-order chi connectivity index (χ1) is 10.3. The summed E-state index contributed by atoms with van der Waals surface area (Å²) in [5, 5.41) is 4.44. The summed E-state index contributed by atoms with van der Waals surface area (Å²) in [5.41, 5.74) is 7.71. The van der Waals surface area contributed by atoms with Gasteiger partial charge in [-0.05, 0) is 32.8 Å². The molecule has 0 bridgehead atoms. The van der Waals surface area contributed by atoms with Crippen molar-refractivity contribution in [2.45, 2.75) is 39.3 Å². The summed E-state index contributed by atoms with van der Waals surface area (Å²) in [7, 11) is 0. The van der Waals surface area contributed by atoms with Gasteiger partial charge < -0.3 is 19.9 Å². The van der Waals surface area contributed by atoms with Gasteiger partial charge in [0.25, 0.3) is 0 Å². The molecule has 6 nitrogen and oxygen atoms in total. The number of amides is 1. The summed E-state index contributed by atoms with van der Waals surface area (Å²) in [4.78, 5) is 15.0. The first-order valence-electron chi connectivity index (χ1n) is 7.14. The molecule has 0 atom stereocenters. The van der Waals surface area contributed by atoms with Gasteiger partial charge in [-0.2, -0.15) is 0 Å². The molecule has 2 N–H and O–H groups in total. The van der Waals surface area contributed by atoms with E-state index in [0.717, 1.165) is 22.4 Å². The fraction of sp³-hybridized carbons (Fsp3) is 0.467. The molecule has 0 aromatic carbocycles. The van der Waals surface area contributed by atoms with E-state index in [1.54, 1.807) is 17.2 Å². The predicted molar refractivity (Wildman–Crippen MR) is 84.6 cm³/mol. The number of hydrogen-bond acceptors (Lipinski definition) is 6. The summed E-state index contributed by atoms with van der Waals surface area (Å²) >= 11 is 1.49. The highest BCUT2D eigenvalue weighted by Crippen LogP contribution is 2.41. The van der Waals surface area contributed by atoms with Gasteiger partial charge in [-0.1, -0.05) is 5.16 Å². The summed E-state index contributed by atoms with van der Waals surface area (Å²) in [6, 6.07) is 1.80. The highest BCUT2D eigenvalue weighted by atomic mass is 32.1. The van der Waals surface area contributed by atoms with Crippen LogP contribution in [0, 0.1) is 0 Å².